The zero-order chi connectivity index (χ0) is 21.9. The normalized spacial score (nSPS) is 14.8. The van der Waals surface area contributed by atoms with Crippen molar-refractivity contribution in [3.05, 3.63) is 89.5 Å². The van der Waals surface area contributed by atoms with Gasteiger partial charge in [0, 0.05) is 0 Å². The highest BCUT2D eigenvalue weighted by atomic mass is 16.3. The van der Waals surface area contributed by atoms with Crippen LogP contribution < -0.4 is 0 Å². The molecule has 3 rings (SSSR count). The first kappa shape index (κ1) is 21.8. The Morgan fingerprint density at radius 1 is 0.633 bits per heavy atom. The molecule has 30 heavy (non-hydrogen) atoms. The van der Waals surface area contributed by atoms with Gasteiger partial charge in [0.25, 0.3) is 0 Å². The van der Waals surface area contributed by atoms with Gasteiger partial charge in [-0.05, 0) is 82.7 Å². The van der Waals surface area contributed by atoms with E-state index in [0.717, 1.165) is 12.8 Å². The molecule has 0 amide bonds. The maximum Gasteiger partial charge on any atom is 0.115 e. The van der Waals surface area contributed by atoms with E-state index < -0.39 is 0 Å². The number of rotatable bonds is 7. The van der Waals surface area contributed by atoms with E-state index in [4.69, 9.17) is 0 Å². The second-order valence-corrected chi connectivity index (χ2v) is 9.41. The van der Waals surface area contributed by atoms with Gasteiger partial charge in [0.2, 0.25) is 0 Å². The van der Waals surface area contributed by atoms with Crippen molar-refractivity contribution in [3.63, 3.8) is 0 Å². The molecular formula is C27H32O3. The lowest BCUT2D eigenvalue weighted by atomic mass is 9.64. The van der Waals surface area contributed by atoms with E-state index in [1.165, 1.54) is 16.7 Å². The molecule has 0 saturated heterocycles. The van der Waals surface area contributed by atoms with E-state index in [9.17, 15) is 15.3 Å². The monoisotopic (exact) mass is 404 g/mol. The van der Waals surface area contributed by atoms with Crippen LogP contribution in [0.1, 0.15) is 63.1 Å². The summed E-state index contributed by atoms with van der Waals surface area (Å²) >= 11 is 0. The summed E-state index contributed by atoms with van der Waals surface area (Å²) in [5, 5.41) is 29.1. The van der Waals surface area contributed by atoms with Crippen LogP contribution in [0.2, 0.25) is 0 Å². The Morgan fingerprint density at radius 2 is 1.03 bits per heavy atom. The molecule has 3 nitrogen and oxygen atoms in total. The molecular weight excluding hydrogens is 372 g/mol. The second kappa shape index (κ2) is 8.43. The molecule has 3 aromatic carbocycles. The van der Waals surface area contributed by atoms with E-state index in [2.05, 4.69) is 27.7 Å². The maximum atomic E-state index is 9.80. The quantitative estimate of drug-likeness (QED) is 0.414. The SMILES string of the molecule is CC(CC(C)(CC(C)(C)c1ccc(O)cc1)c1ccc(O)cc1)c1ccc(O)cc1. The number of hydrogen-bond acceptors (Lipinski definition) is 3. The molecule has 0 heterocycles. The smallest absolute Gasteiger partial charge is 0.115 e. The van der Waals surface area contributed by atoms with Gasteiger partial charge in [-0.3, -0.25) is 0 Å². The van der Waals surface area contributed by atoms with Crippen molar-refractivity contribution in [3.8, 4) is 17.2 Å². The fraction of sp³-hybridized carbons (Fsp3) is 0.333. The summed E-state index contributed by atoms with van der Waals surface area (Å²) in [6.07, 6.45) is 1.82. The van der Waals surface area contributed by atoms with Crippen LogP contribution in [0.25, 0.3) is 0 Å². The lowest BCUT2D eigenvalue weighted by Gasteiger charge is -2.40. The van der Waals surface area contributed by atoms with Gasteiger partial charge in [0.15, 0.2) is 0 Å². The Bertz CT molecular complexity index is 956. The number of aromatic hydroxyl groups is 3. The second-order valence-electron chi connectivity index (χ2n) is 9.41. The van der Waals surface area contributed by atoms with Crippen LogP contribution in [0, 0.1) is 0 Å². The van der Waals surface area contributed by atoms with E-state index in [-0.39, 0.29) is 28.1 Å². The predicted molar refractivity (Wildman–Crippen MR) is 122 cm³/mol. The molecule has 0 fully saturated rings. The molecule has 0 radical (unpaired) electrons. The third-order valence-electron chi connectivity index (χ3n) is 6.26. The molecule has 2 unspecified atom stereocenters. The van der Waals surface area contributed by atoms with Gasteiger partial charge in [-0.2, -0.15) is 0 Å². The highest BCUT2D eigenvalue weighted by Crippen LogP contribution is 2.45. The molecule has 0 aliphatic heterocycles. The predicted octanol–water partition coefficient (Wildman–Crippen LogP) is 6.62. The molecule has 0 spiro atoms. The van der Waals surface area contributed by atoms with E-state index in [0.29, 0.717) is 5.92 Å². The standard InChI is InChI=1S/C27H32O3/c1-19(20-5-11-23(28)12-6-20)17-27(4,22-9-15-25(30)16-10-22)18-26(2,3)21-7-13-24(29)14-8-21/h5-16,19,28-30H,17-18H2,1-4H3. The van der Waals surface area contributed by atoms with E-state index in [1.807, 2.05) is 36.4 Å². The van der Waals surface area contributed by atoms with Gasteiger partial charge >= 0.3 is 0 Å². The lowest BCUT2D eigenvalue weighted by Crippen LogP contribution is -2.33. The first-order valence-corrected chi connectivity index (χ1v) is 10.5. The van der Waals surface area contributed by atoms with Crippen LogP contribution in [-0.4, -0.2) is 15.3 Å². The van der Waals surface area contributed by atoms with Gasteiger partial charge in [0.1, 0.15) is 17.2 Å². The molecule has 3 N–H and O–H groups in total. The van der Waals surface area contributed by atoms with Crippen molar-refractivity contribution in [2.24, 2.45) is 0 Å². The Labute approximate surface area is 179 Å². The number of benzene rings is 3. The molecule has 3 aromatic rings. The van der Waals surface area contributed by atoms with Crippen molar-refractivity contribution >= 4 is 0 Å². The molecule has 0 aromatic heterocycles. The third kappa shape index (κ3) is 4.96. The van der Waals surface area contributed by atoms with Crippen LogP contribution in [0.3, 0.4) is 0 Å². The van der Waals surface area contributed by atoms with Crippen LogP contribution >= 0.6 is 0 Å². The van der Waals surface area contributed by atoms with Gasteiger partial charge in [-0.15, -0.1) is 0 Å². The van der Waals surface area contributed by atoms with Crippen LogP contribution in [0.5, 0.6) is 17.2 Å². The van der Waals surface area contributed by atoms with Crippen molar-refractivity contribution in [2.75, 3.05) is 0 Å². The van der Waals surface area contributed by atoms with Gasteiger partial charge in [0.05, 0.1) is 0 Å². The third-order valence-corrected chi connectivity index (χ3v) is 6.26. The van der Waals surface area contributed by atoms with Gasteiger partial charge < -0.3 is 15.3 Å². The Hall–Kier alpha value is -2.94. The molecule has 0 bridgehead atoms. The van der Waals surface area contributed by atoms with Crippen LogP contribution in [-0.2, 0) is 10.8 Å². The van der Waals surface area contributed by atoms with Crippen molar-refractivity contribution in [1.29, 1.82) is 0 Å². The van der Waals surface area contributed by atoms with Crippen molar-refractivity contribution < 1.29 is 15.3 Å². The Kier molecular flexibility index (Phi) is 6.12. The highest BCUT2D eigenvalue weighted by Gasteiger charge is 2.36. The molecule has 0 saturated carbocycles. The summed E-state index contributed by atoms with van der Waals surface area (Å²) in [6, 6.07) is 22.5. The fourth-order valence-electron chi connectivity index (χ4n) is 4.74. The van der Waals surface area contributed by atoms with Crippen molar-refractivity contribution in [2.45, 2.75) is 57.3 Å². The summed E-state index contributed by atoms with van der Waals surface area (Å²) in [4.78, 5) is 0. The topological polar surface area (TPSA) is 60.7 Å². The van der Waals surface area contributed by atoms with Gasteiger partial charge in [-0.25, -0.2) is 0 Å². The van der Waals surface area contributed by atoms with E-state index >= 15 is 0 Å². The van der Waals surface area contributed by atoms with Gasteiger partial charge in [-0.1, -0.05) is 64.1 Å². The molecule has 0 aliphatic carbocycles. The molecule has 0 aliphatic rings. The van der Waals surface area contributed by atoms with E-state index in [1.54, 1.807) is 36.4 Å². The Balaban J connectivity index is 1.95. The summed E-state index contributed by atoms with van der Waals surface area (Å²) in [5.74, 6) is 1.11. The summed E-state index contributed by atoms with van der Waals surface area (Å²) in [7, 11) is 0. The minimum atomic E-state index is -0.146. The highest BCUT2D eigenvalue weighted by molar-refractivity contribution is 5.36. The van der Waals surface area contributed by atoms with Crippen LogP contribution in [0.15, 0.2) is 72.8 Å². The molecule has 2 atom stereocenters. The van der Waals surface area contributed by atoms with Crippen molar-refractivity contribution in [1.82, 2.24) is 0 Å². The largest absolute Gasteiger partial charge is 0.508 e. The summed E-state index contributed by atoms with van der Waals surface area (Å²) in [5.41, 5.74) is 3.31. The summed E-state index contributed by atoms with van der Waals surface area (Å²) < 4.78 is 0. The average Bonchev–Trinajstić information content (AvgIpc) is 2.68. The zero-order valence-corrected chi connectivity index (χ0v) is 18.3. The summed E-state index contributed by atoms with van der Waals surface area (Å²) in [6.45, 7) is 8.99. The average molecular weight is 405 g/mol. The minimum absolute atomic E-state index is 0.116. The zero-order valence-electron chi connectivity index (χ0n) is 18.3. The first-order valence-electron chi connectivity index (χ1n) is 10.5. The minimum Gasteiger partial charge on any atom is -0.508 e. The fourth-order valence-corrected chi connectivity index (χ4v) is 4.74. The Morgan fingerprint density at radius 3 is 1.50 bits per heavy atom. The number of phenols is 3. The van der Waals surface area contributed by atoms with Crippen LogP contribution in [0.4, 0.5) is 0 Å². The number of phenolic OH excluding ortho intramolecular Hbond substituents is 3. The first-order chi connectivity index (χ1) is 14.1. The lowest BCUT2D eigenvalue weighted by molar-refractivity contribution is 0.293. The number of hydrogen-bond donors (Lipinski definition) is 3. The maximum absolute atomic E-state index is 9.80. The molecule has 3 heteroatoms. The molecule has 158 valence electrons.